The number of likely N-dealkylation sites (tertiary alicyclic amines) is 1. The minimum atomic E-state index is 0.525. The number of pyridine rings is 1. The van der Waals surface area contributed by atoms with Crippen LogP contribution in [0.5, 0.6) is 5.88 Å². The summed E-state index contributed by atoms with van der Waals surface area (Å²) in [5, 5.41) is 0. The largest absolute Gasteiger partial charge is 0.481 e. The van der Waals surface area contributed by atoms with E-state index in [0.717, 1.165) is 0 Å². The summed E-state index contributed by atoms with van der Waals surface area (Å²) in [6, 6.07) is 3.16. The second-order valence-corrected chi connectivity index (χ2v) is 5.43. The predicted molar refractivity (Wildman–Crippen MR) is 74.0 cm³/mol. The van der Waals surface area contributed by atoms with Crippen molar-refractivity contribution in [1.82, 2.24) is 9.88 Å². The molecule has 0 amide bonds. The second kappa shape index (κ2) is 5.70. The van der Waals surface area contributed by atoms with Crippen molar-refractivity contribution in [2.75, 3.05) is 13.7 Å². The molecular weight excluding hydrogens is 224 g/mol. The van der Waals surface area contributed by atoms with Crippen LogP contribution in [0.1, 0.15) is 50.3 Å². The maximum absolute atomic E-state index is 5.19. The molecule has 2 rings (SSSR count). The lowest BCUT2D eigenvalue weighted by Crippen LogP contribution is -2.38. The number of aryl methyl sites for hydroxylation is 1. The van der Waals surface area contributed by atoms with E-state index in [1.54, 1.807) is 7.11 Å². The number of piperidine rings is 1. The maximum Gasteiger partial charge on any atom is 0.213 e. The van der Waals surface area contributed by atoms with E-state index in [1.165, 1.54) is 36.9 Å². The lowest BCUT2D eigenvalue weighted by atomic mass is 9.92. The van der Waals surface area contributed by atoms with Gasteiger partial charge in [0, 0.05) is 24.3 Å². The molecule has 2 heterocycles. The molecule has 0 unspecified atom stereocenters. The molecular formula is C15H24N2O. The topological polar surface area (TPSA) is 25.4 Å². The number of methoxy groups -OCH3 is 1. The molecule has 1 aromatic heterocycles. The monoisotopic (exact) mass is 248 g/mol. The summed E-state index contributed by atoms with van der Waals surface area (Å²) in [5.74, 6) is 0.711. The number of aromatic nitrogens is 1. The Morgan fingerprint density at radius 1 is 1.39 bits per heavy atom. The average molecular weight is 248 g/mol. The van der Waals surface area contributed by atoms with E-state index in [9.17, 15) is 0 Å². The summed E-state index contributed by atoms with van der Waals surface area (Å²) in [6.45, 7) is 7.93. The van der Waals surface area contributed by atoms with Crippen LogP contribution in [0, 0.1) is 6.92 Å². The van der Waals surface area contributed by atoms with Crippen LogP contribution in [-0.4, -0.2) is 29.6 Å². The van der Waals surface area contributed by atoms with E-state index in [-0.39, 0.29) is 0 Å². The van der Waals surface area contributed by atoms with Crippen LogP contribution in [0.15, 0.2) is 12.3 Å². The standard InChI is InChI=1S/C15H24N2O/c1-11(2)17-8-6-5-7-14(17)13-10-16-15(18-4)9-12(13)3/h9-11,14H,5-8H2,1-4H3/t14-/m1/s1. The van der Waals surface area contributed by atoms with Crippen LogP contribution in [0.2, 0.25) is 0 Å². The Kier molecular flexibility index (Phi) is 4.23. The van der Waals surface area contributed by atoms with Gasteiger partial charge in [-0.2, -0.15) is 0 Å². The summed E-state index contributed by atoms with van der Waals surface area (Å²) >= 11 is 0. The van der Waals surface area contributed by atoms with E-state index in [2.05, 4.69) is 30.7 Å². The Hall–Kier alpha value is -1.09. The smallest absolute Gasteiger partial charge is 0.213 e. The van der Waals surface area contributed by atoms with Gasteiger partial charge in [-0.3, -0.25) is 4.90 Å². The summed E-state index contributed by atoms with van der Waals surface area (Å²) < 4.78 is 5.19. The Labute approximate surface area is 110 Å². The highest BCUT2D eigenvalue weighted by molar-refractivity contribution is 5.31. The second-order valence-electron chi connectivity index (χ2n) is 5.43. The minimum Gasteiger partial charge on any atom is -0.481 e. The van der Waals surface area contributed by atoms with Gasteiger partial charge in [-0.1, -0.05) is 6.42 Å². The molecule has 0 radical (unpaired) electrons. The first-order chi connectivity index (χ1) is 8.63. The first kappa shape index (κ1) is 13.3. The highest BCUT2D eigenvalue weighted by atomic mass is 16.5. The molecule has 1 saturated heterocycles. The third kappa shape index (κ3) is 2.66. The van der Waals surface area contributed by atoms with Gasteiger partial charge < -0.3 is 4.74 Å². The van der Waals surface area contributed by atoms with Crippen LogP contribution in [0.3, 0.4) is 0 Å². The number of hydrogen-bond acceptors (Lipinski definition) is 3. The third-order valence-electron chi connectivity index (χ3n) is 3.90. The third-order valence-corrected chi connectivity index (χ3v) is 3.90. The van der Waals surface area contributed by atoms with Crippen molar-refractivity contribution in [3.8, 4) is 5.88 Å². The van der Waals surface area contributed by atoms with E-state index in [4.69, 9.17) is 4.74 Å². The summed E-state index contributed by atoms with van der Waals surface area (Å²) in [7, 11) is 1.67. The number of nitrogens with zero attached hydrogens (tertiary/aromatic N) is 2. The van der Waals surface area contributed by atoms with Crippen LogP contribution in [0.25, 0.3) is 0 Å². The van der Waals surface area contributed by atoms with Crippen molar-refractivity contribution in [3.05, 3.63) is 23.4 Å². The molecule has 18 heavy (non-hydrogen) atoms. The van der Waals surface area contributed by atoms with Gasteiger partial charge in [-0.25, -0.2) is 4.98 Å². The molecule has 0 bridgehead atoms. The van der Waals surface area contributed by atoms with Gasteiger partial charge in [-0.15, -0.1) is 0 Å². The summed E-state index contributed by atoms with van der Waals surface area (Å²) in [5.41, 5.74) is 2.66. The maximum atomic E-state index is 5.19. The molecule has 3 heteroatoms. The van der Waals surface area contributed by atoms with Crippen molar-refractivity contribution in [2.45, 2.75) is 52.1 Å². The summed E-state index contributed by atoms with van der Waals surface area (Å²) in [6.07, 6.45) is 5.88. The molecule has 1 aliphatic heterocycles. The van der Waals surface area contributed by atoms with E-state index >= 15 is 0 Å². The molecule has 0 saturated carbocycles. The zero-order valence-corrected chi connectivity index (χ0v) is 11.9. The molecule has 100 valence electrons. The van der Waals surface area contributed by atoms with E-state index < -0.39 is 0 Å². The average Bonchev–Trinajstić information content (AvgIpc) is 2.38. The first-order valence-corrected chi connectivity index (χ1v) is 6.89. The molecule has 3 nitrogen and oxygen atoms in total. The summed E-state index contributed by atoms with van der Waals surface area (Å²) in [4.78, 5) is 6.98. The van der Waals surface area contributed by atoms with Crippen molar-refractivity contribution < 1.29 is 4.74 Å². The van der Waals surface area contributed by atoms with Gasteiger partial charge >= 0.3 is 0 Å². The molecule has 0 aliphatic carbocycles. The Bertz CT molecular complexity index is 403. The fourth-order valence-corrected chi connectivity index (χ4v) is 2.91. The fourth-order valence-electron chi connectivity index (χ4n) is 2.91. The van der Waals surface area contributed by atoms with Crippen molar-refractivity contribution in [3.63, 3.8) is 0 Å². The highest BCUT2D eigenvalue weighted by Crippen LogP contribution is 2.34. The zero-order chi connectivity index (χ0) is 13.1. The normalized spacial score (nSPS) is 21.3. The quantitative estimate of drug-likeness (QED) is 0.820. The van der Waals surface area contributed by atoms with Gasteiger partial charge in [-0.05, 0) is 51.3 Å². The highest BCUT2D eigenvalue weighted by Gasteiger charge is 2.27. The van der Waals surface area contributed by atoms with Gasteiger partial charge in [0.1, 0.15) is 0 Å². The van der Waals surface area contributed by atoms with Gasteiger partial charge in [0.25, 0.3) is 0 Å². The molecule has 0 aromatic carbocycles. The van der Waals surface area contributed by atoms with Crippen LogP contribution in [0.4, 0.5) is 0 Å². The lowest BCUT2D eigenvalue weighted by molar-refractivity contribution is 0.111. The molecule has 0 N–H and O–H groups in total. The molecule has 1 atom stereocenters. The van der Waals surface area contributed by atoms with E-state index in [0.29, 0.717) is 18.0 Å². The van der Waals surface area contributed by atoms with Gasteiger partial charge in [0.2, 0.25) is 5.88 Å². The minimum absolute atomic E-state index is 0.525. The fraction of sp³-hybridized carbons (Fsp3) is 0.667. The first-order valence-electron chi connectivity index (χ1n) is 6.89. The van der Waals surface area contributed by atoms with Crippen LogP contribution in [-0.2, 0) is 0 Å². The van der Waals surface area contributed by atoms with Crippen LogP contribution < -0.4 is 4.74 Å². The van der Waals surface area contributed by atoms with Crippen molar-refractivity contribution >= 4 is 0 Å². The van der Waals surface area contributed by atoms with Gasteiger partial charge in [0.15, 0.2) is 0 Å². The number of rotatable bonds is 3. The molecule has 1 aliphatic rings. The van der Waals surface area contributed by atoms with Crippen molar-refractivity contribution in [1.29, 1.82) is 0 Å². The Morgan fingerprint density at radius 2 is 2.17 bits per heavy atom. The molecule has 1 fully saturated rings. The Morgan fingerprint density at radius 3 is 2.78 bits per heavy atom. The van der Waals surface area contributed by atoms with Crippen molar-refractivity contribution in [2.24, 2.45) is 0 Å². The number of hydrogen-bond donors (Lipinski definition) is 0. The Balaban J connectivity index is 2.28. The SMILES string of the molecule is COc1cc(C)c([C@H]2CCCCN2C(C)C)cn1. The molecule has 0 spiro atoms. The van der Waals surface area contributed by atoms with Crippen LogP contribution >= 0.6 is 0 Å². The zero-order valence-electron chi connectivity index (χ0n) is 11.9. The van der Waals surface area contributed by atoms with E-state index in [1.807, 2.05) is 12.3 Å². The predicted octanol–water partition coefficient (Wildman–Crippen LogP) is 3.33. The number of ether oxygens (including phenoxy) is 1. The molecule has 1 aromatic rings. The lowest BCUT2D eigenvalue weighted by Gasteiger charge is -2.39. The van der Waals surface area contributed by atoms with Gasteiger partial charge in [0.05, 0.1) is 7.11 Å².